The Bertz CT molecular complexity index is 987. The molecule has 0 fully saturated rings. The molecule has 0 aliphatic rings. The predicted octanol–water partition coefficient (Wildman–Crippen LogP) is 2.43. The van der Waals surface area contributed by atoms with E-state index < -0.39 is 35.8 Å². The van der Waals surface area contributed by atoms with E-state index in [9.17, 15) is 19.5 Å². The third-order valence-electron chi connectivity index (χ3n) is 6.25. The highest BCUT2D eigenvalue weighted by Gasteiger charge is 2.36. The van der Waals surface area contributed by atoms with Gasteiger partial charge in [-0.15, -0.1) is 0 Å². The van der Waals surface area contributed by atoms with Crippen molar-refractivity contribution >= 4 is 29.5 Å². The molecule has 0 aliphatic heterocycles. The topological polar surface area (TPSA) is 139 Å². The number of hydrogen-bond donors (Lipinski definition) is 4. The Labute approximate surface area is 217 Å². The summed E-state index contributed by atoms with van der Waals surface area (Å²) in [5.41, 5.74) is 13.5. The molecule has 0 saturated heterocycles. The van der Waals surface area contributed by atoms with Gasteiger partial charge in [0.15, 0.2) is 0 Å². The summed E-state index contributed by atoms with van der Waals surface area (Å²) in [4.78, 5) is 41.1. The molecule has 2 rings (SSSR count). The van der Waals surface area contributed by atoms with E-state index in [0.717, 1.165) is 11.1 Å². The molecular weight excluding hydrogens is 476 g/mol. The number of nitrogens with one attached hydrogen (secondary N) is 1. The van der Waals surface area contributed by atoms with Crippen LogP contribution >= 0.6 is 11.8 Å². The molecule has 0 aliphatic carbocycles. The lowest BCUT2D eigenvalue weighted by Gasteiger charge is -2.36. The summed E-state index contributed by atoms with van der Waals surface area (Å²) < 4.78 is 0. The molecule has 8 nitrogen and oxygen atoms in total. The smallest absolute Gasteiger partial charge is 0.246 e. The molecule has 36 heavy (non-hydrogen) atoms. The summed E-state index contributed by atoms with van der Waals surface area (Å²) in [5.74, 6) is -0.824. The van der Waals surface area contributed by atoms with Crippen molar-refractivity contribution in [1.29, 1.82) is 0 Å². The number of aromatic hydroxyl groups is 1. The molecule has 3 amide bonds. The molecule has 0 saturated carbocycles. The molecule has 0 bridgehead atoms. The van der Waals surface area contributed by atoms with E-state index in [1.807, 2.05) is 50.4 Å². The third kappa shape index (κ3) is 8.57. The van der Waals surface area contributed by atoms with Gasteiger partial charge >= 0.3 is 0 Å². The standard InChI is InChI=1S/C27H38N4O4S/c1-4-18(2)24(25(29)33)31(17-20-8-6-5-7-9-20)27(35)23(16-19-10-12-21(32)13-11-19)30-26(34)22(28)14-15-36-3/h5-13,18,22-24,32H,4,14-17,28H2,1-3H3,(H2,29,33)(H,30,34)/t18-,22-,23-,24-/m0/s1. The van der Waals surface area contributed by atoms with Gasteiger partial charge in [-0.1, -0.05) is 62.7 Å². The van der Waals surface area contributed by atoms with Crippen molar-refractivity contribution in [2.75, 3.05) is 12.0 Å². The van der Waals surface area contributed by atoms with Crippen molar-refractivity contribution in [2.24, 2.45) is 17.4 Å². The number of phenols is 1. The first-order valence-corrected chi connectivity index (χ1v) is 13.5. The number of thioether (sulfide) groups is 1. The van der Waals surface area contributed by atoms with Crippen LogP contribution in [0.3, 0.4) is 0 Å². The van der Waals surface area contributed by atoms with Crippen molar-refractivity contribution < 1.29 is 19.5 Å². The Hall–Kier alpha value is -3.04. The zero-order chi connectivity index (χ0) is 26.7. The van der Waals surface area contributed by atoms with E-state index >= 15 is 0 Å². The molecule has 6 N–H and O–H groups in total. The van der Waals surface area contributed by atoms with Crippen LogP contribution in [0.15, 0.2) is 54.6 Å². The number of phenolic OH excluding ortho intramolecular Hbond substituents is 1. The normalized spacial score (nSPS) is 14.3. The van der Waals surface area contributed by atoms with Gasteiger partial charge in [0.2, 0.25) is 17.7 Å². The SMILES string of the molecule is CC[C@H](C)[C@@H](C(N)=O)N(Cc1ccccc1)C(=O)[C@H](Cc1ccc(O)cc1)NC(=O)[C@@H](N)CCSC. The van der Waals surface area contributed by atoms with Gasteiger partial charge in [0.25, 0.3) is 0 Å². The maximum absolute atomic E-state index is 14.1. The van der Waals surface area contributed by atoms with Gasteiger partial charge in [0.05, 0.1) is 6.04 Å². The van der Waals surface area contributed by atoms with Gasteiger partial charge in [-0.05, 0) is 47.6 Å². The largest absolute Gasteiger partial charge is 0.508 e. The first-order chi connectivity index (χ1) is 17.2. The van der Waals surface area contributed by atoms with E-state index in [-0.39, 0.29) is 24.6 Å². The van der Waals surface area contributed by atoms with Gasteiger partial charge in [-0.25, -0.2) is 0 Å². The van der Waals surface area contributed by atoms with Crippen molar-refractivity contribution in [2.45, 2.75) is 57.8 Å². The number of carbonyl (C=O) groups is 3. The molecule has 0 unspecified atom stereocenters. The molecule has 9 heteroatoms. The second-order valence-corrected chi connectivity index (χ2v) is 9.99. The molecule has 196 valence electrons. The summed E-state index contributed by atoms with van der Waals surface area (Å²) in [7, 11) is 0. The van der Waals surface area contributed by atoms with E-state index in [0.29, 0.717) is 18.6 Å². The zero-order valence-corrected chi connectivity index (χ0v) is 22.0. The van der Waals surface area contributed by atoms with E-state index in [1.165, 1.54) is 17.0 Å². The van der Waals surface area contributed by atoms with Gasteiger partial charge in [-0.2, -0.15) is 11.8 Å². The lowest BCUT2D eigenvalue weighted by atomic mass is 9.94. The fourth-order valence-corrected chi connectivity index (χ4v) is 4.47. The second kappa shape index (κ2) is 14.5. The Morgan fingerprint density at radius 1 is 1.06 bits per heavy atom. The highest BCUT2D eigenvalue weighted by Crippen LogP contribution is 2.21. The van der Waals surface area contributed by atoms with E-state index in [1.54, 1.807) is 23.9 Å². The van der Waals surface area contributed by atoms with Gasteiger partial charge in [0, 0.05) is 13.0 Å². The molecule has 2 aromatic rings. The fourth-order valence-electron chi connectivity index (χ4n) is 3.98. The van der Waals surface area contributed by atoms with Crippen molar-refractivity contribution in [3.63, 3.8) is 0 Å². The Morgan fingerprint density at radius 3 is 2.25 bits per heavy atom. The maximum Gasteiger partial charge on any atom is 0.246 e. The third-order valence-corrected chi connectivity index (χ3v) is 6.89. The number of rotatable bonds is 14. The first-order valence-electron chi connectivity index (χ1n) is 12.1. The monoisotopic (exact) mass is 514 g/mol. The molecule has 0 radical (unpaired) electrons. The minimum atomic E-state index is -0.975. The summed E-state index contributed by atoms with van der Waals surface area (Å²) in [6.45, 7) is 3.98. The summed E-state index contributed by atoms with van der Waals surface area (Å²) in [6.07, 6.45) is 3.21. The number of carbonyl (C=O) groups excluding carboxylic acids is 3. The molecule has 4 atom stereocenters. The van der Waals surface area contributed by atoms with Crippen LogP contribution in [0.5, 0.6) is 5.75 Å². The van der Waals surface area contributed by atoms with Crippen molar-refractivity contribution in [3.8, 4) is 5.75 Å². The van der Waals surface area contributed by atoms with Gasteiger partial charge in [0.1, 0.15) is 17.8 Å². The molecule has 0 spiro atoms. The van der Waals surface area contributed by atoms with Gasteiger partial charge in [-0.3, -0.25) is 14.4 Å². The van der Waals surface area contributed by atoms with Crippen LogP contribution in [-0.2, 0) is 27.3 Å². The highest BCUT2D eigenvalue weighted by atomic mass is 32.2. The number of hydrogen-bond acceptors (Lipinski definition) is 6. The van der Waals surface area contributed by atoms with Crippen LogP contribution in [0.4, 0.5) is 0 Å². The Kier molecular flexibility index (Phi) is 11.8. The van der Waals surface area contributed by atoms with Crippen LogP contribution in [0.2, 0.25) is 0 Å². The number of benzene rings is 2. The molecule has 2 aromatic carbocycles. The quantitative estimate of drug-likeness (QED) is 0.305. The van der Waals surface area contributed by atoms with Crippen molar-refractivity contribution in [1.82, 2.24) is 10.2 Å². The Balaban J connectivity index is 2.45. The molecular formula is C27H38N4O4S. The lowest BCUT2D eigenvalue weighted by molar-refractivity contribution is -0.145. The average molecular weight is 515 g/mol. The fraction of sp³-hybridized carbons (Fsp3) is 0.444. The number of primary amides is 1. The average Bonchev–Trinajstić information content (AvgIpc) is 2.87. The minimum absolute atomic E-state index is 0.0982. The molecule has 0 heterocycles. The van der Waals surface area contributed by atoms with Crippen LogP contribution < -0.4 is 16.8 Å². The summed E-state index contributed by atoms with van der Waals surface area (Å²) >= 11 is 1.59. The molecule has 0 aromatic heterocycles. The number of amides is 3. The second-order valence-electron chi connectivity index (χ2n) is 9.00. The van der Waals surface area contributed by atoms with E-state index in [4.69, 9.17) is 11.5 Å². The van der Waals surface area contributed by atoms with E-state index in [2.05, 4.69) is 5.32 Å². The minimum Gasteiger partial charge on any atom is -0.508 e. The van der Waals surface area contributed by atoms with Crippen molar-refractivity contribution in [3.05, 3.63) is 65.7 Å². The summed E-state index contributed by atoms with van der Waals surface area (Å²) in [5, 5.41) is 12.5. The summed E-state index contributed by atoms with van der Waals surface area (Å²) in [6, 6.07) is 13.2. The number of nitrogens with two attached hydrogens (primary N) is 2. The van der Waals surface area contributed by atoms with Gasteiger partial charge < -0.3 is 26.8 Å². The number of nitrogens with zero attached hydrogens (tertiary/aromatic N) is 1. The highest BCUT2D eigenvalue weighted by molar-refractivity contribution is 7.98. The van der Waals surface area contributed by atoms with Crippen LogP contribution in [-0.4, -0.2) is 57.9 Å². The predicted molar refractivity (Wildman–Crippen MR) is 144 cm³/mol. The van der Waals surface area contributed by atoms with Crippen LogP contribution in [0.25, 0.3) is 0 Å². The zero-order valence-electron chi connectivity index (χ0n) is 21.2. The Morgan fingerprint density at radius 2 is 1.69 bits per heavy atom. The lowest BCUT2D eigenvalue weighted by Crippen LogP contribution is -2.58. The van der Waals surface area contributed by atoms with Crippen LogP contribution in [0, 0.1) is 5.92 Å². The first kappa shape index (κ1) is 29.2. The maximum atomic E-state index is 14.1. The van der Waals surface area contributed by atoms with Crippen LogP contribution in [0.1, 0.15) is 37.8 Å².